The first kappa shape index (κ1) is 36.6. The maximum absolute atomic E-state index is 12.0. The van der Waals surface area contributed by atoms with E-state index in [0.717, 1.165) is 35.5 Å². The average Bonchev–Trinajstić information content (AvgIpc) is 3.04. The Morgan fingerprint density at radius 2 is 0.955 bits per heavy atom. The molecule has 0 aliphatic carbocycles. The van der Waals surface area contributed by atoms with Gasteiger partial charge in [-0.2, -0.15) is 0 Å². The molecular formula is C37H52O7. The predicted molar refractivity (Wildman–Crippen MR) is 177 cm³/mol. The maximum atomic E-state index is 12.0. The van der Waals surface area contributed by atoms with E-state index in [4.69, 9.17) is 18.9 Å². The molecule has 0 heterocycles. The van der Waals surface area contributed by atoms with E-state index in [-0.39, 0.29) is 13.2 Å². The number of ether oxygens (including phenoxy) is 4. The summed E-state index contributed by atoms with van der Waals surface area (Å²) in [6.45, 7) is 5.25. The van der Waals surface area contributed by atoms with E-state index in [1.54, 1.807) is 12.2 Å². The first-order valence-corrected chi connectivity index (χ1v) is 16.3. The van der Waals surface area contributed by atoms with Crippen molar-refractivity contribution in [3.8, 4) is 11.5 Å². The maximum Gasteiger partial charge on any atom is 0.330 e. The SMILES string of the molecule is CCCCCCCCOc1ccc(/C=C/C(=O)OCC(O)COC(=O)/C=C/c2ccc(OCCCCCCCC)cc2)cc1. The fourth-order valence-electron chi connectivity index (χ4n) is 4.32. The molecule has 0 aliphatic rings. The van der Waals surface area contributed by atoms with Crippen LogP contribution in [-0.2, 0) is 19.1 Å². The van der Waals surface area contributed by atoms with Crippen LogP contribution in [0.1, 0.15) is 102 Å². The minimum absolute atomic E-state index is 0.286. The van der Waals surface area contributed by atoms with Crippen molar-refractivity contribution in [3.05, 3.63) is 71.8 Å². The van der Waals surface area contributed by atoms with Crippen molar-refractivity contribution in [1.29, 1.82) is 0 Å². The first-order valence-electron chi connectivity index (χ1n) is 16.3. The van der Waals surface area contributed by atoms with Crippen LogP contribution in [0.15, 0.2) is 60.7 Å². The second-order valence-corrected chi connectivity index (χ2v) is 11.0. The molecule has 1 N–H and O–H groups in total. The minimum Gasteiger partial charge on any atom is -0.494 e. The Morgan fingerprint density at radius 3 is 1.34 bits per heavy atom. The number of benzene rings is 2. The molecule has 0 aromatic heterocycles. The molecule has 0 saturated heterocycles. The Bertz CT molecular complexity index is 1000. The molecule has 44 heavy (non-hydrogen) atoms. The lowest BCUT2D eigenvalue weighted by Gasteiger charge is -2.10. The number of carbonyl (C=O) groups excluding carboxylic acids is 2. The Hall–Kier alpha value is -3.58. The molecule has 0 fully saturated rings. The lowest BCUT2D eigenvalue weighted by atomic mass is 10.1. The van der Waals surface area contributed by atoms with Gasteiger partial charge in [-0.25, -0.2) is 9.59 Å². The highest BCUT2D eigenvalue weighted by atomic mass is 16.6. The largest absolute Gasteiger partial charge is 0.494 e. The van der Waals surface area contributed by atoms with Crippen molar-refractivity contribution in [2.24, 2.45) is 0 Å². The van der Waals surface area contributed by atoms with Crippen molar-refractivity contribution in [1.82, 2.24) is 0 Å². The van der Waals surface area contributed by atoms with E-state index in [2.05, 4.69) is 13.8 Å². The molecule has 2 aromatic carbocycles. The van der Waals surface area contributed by atoms with Crippen molar-refractivity contribution < 1.29 is 33.6 Å². The number of carbonyl (C=O) groups is 2. The third-order valence-corrected chi connectivity index (χ3v) is 6.95. The lowest BCUT2D eigenvalue weighted by molar-refractivity contribution is -0.146. The van der Waals surface area contributed by atoms with Gasteiger partial charge in [-0.3, -0.25) is 0 Å². The van der Waals surface area contributed by atoms with E-state index in [9.17, 15) is 14.7 Å². The van der Waals surface area contributed by atoms with Crippen LogP contribution >= 0.6 is 0 Å². The minimum atomic E-state index is -1.13. The van der Waals surface area contributed by atoms with Crippen LogP contribution in [0.3, 0.4) is 0 Å². The third-order valence-electron chi connectivity index (χ3n) is 6.95. The standard InChI is InChI=1S/C37H52O7/c1-3-5-7-9-11-13-27-41-34-21-15-31(16-22-34)19-25-36(39)43-29-33(38)30-44-37(40)26-20-32-17-23-35(24-18-32)42-28-14-12-10-8-6-4-2/h15-26,33,38H,3-14,27-30H2,1-2H3/b25-19+,26-20+. The lowest BCUT2D eigenvalue weighted by Crippen LogP contribution is -2.24. The number of unbranched alkanes of at least 4 members (excludes halogenated alkanes) is 10. The fourth-order valence-corrected chi connectivity index (χ4v) is 4.32. The number of rotatable bonds is 24. The number of hydrogen-bond acceptors (Lipinski definition) is 7. The molecule has 242 valence electrons. The second-order valence-electron chi connectivity index (χ2n) is 11.0. The Kier molecular flexibility index (Phi) is 19.8. The van der Waals surface area contributed by atoms with Gasteiger partial charge in [0.05, 0.1) is 13.2 Å². The molecule has 0 aliphatic heterocycles. The van der Waals surface area contributed by atoms with Gasteiger partial charge in [0.25, 0.3) is 0 Å². The van der Waals surface area contributed by atoms with Gasteiger partial charge in [0.2, 0.25) is 0 Å². The normalized spacial score (nSPS) is 11.4. The second kappa shape index (κ2) is 23.8. The zero-order valence-electron chi connectivity index (χ0n) is 26.7. The summed E-state index contributed by atoms with van der Waals surface area (Å²) in [4.78, 5) is 24.1. The molecule has 0 bridgehead atoms. The van der Waals surface area contributed by atoms with Gasteiger partial charge >= 0.3 is 11.9 Å². The van der Waals surface area contributed by atoms with Gasteiger partial charge in [0.15, 0.2) is 0 Å². The number of hydrogen-bond donors (Lipinski definition) is 1. The van der Waals surface area contributed by atoms with Gasteiger partial charge in [-0.05, 0) is 60.4 Å². The molecule has 0 saturated carbocycles. The van der Waals surface area contributed by atoms with Crippen molar-refractivity contribution >= 4 is 24.1 Å². The molecule has 0 unspecified atom stereocenters. The monoisotopic (exact) mass is 608 g/mol. The van der Waals surface area contributed by atoms with Crippen LogP contribution in [0.2, 0.25) is 0 Å². The van der Waals surface area contributed by atoms with Gasteiger partial charge in [0.1, 0.15) is 30.8 Å². The zero-order valence-corrected chi connectivity index (χ0v) is 26.7. The highest BCUT2D eigenvalue weighted by Gasteiger charge is 2.10. The van der Waals surface area contributed by atoms with Crippen LogP contribution in [0.4, 0.5) is 0 Å². The Labute approximate surface area is 264 Å². The molecule has 0 spiro atoms. The smallest absolute Gasteiger partial charge is 0.330 e. The van der Waals surface area contributed by atoms with E-state index in [1.165, 1.54) is 76.4 Å². The van der Waals surface area contributed by atoms with Gasteiger partial charge in [-0.15, -0.1) is 0 Å². The molecule has 7 nitrogen and oxygen atoms in total. The van der Waals surface area contributed by atoms with Crippen LogP contribution in [0.5, 0.6) is 11.5 Å². The molecule has 0 atom stereocenters. The predicted octanol–water partition coefficient (Wildman–Crippen LogP) is 8.34. The van der Waals surface area contributed by atoms with E-state index >= 15 is 0 Å². The molecule has 2 rings (SSSR count). The molecule has 0 radical (unpaired) electrons. The fraction of sp³-hybridized carbons (Fsp3) is 0.514. The summed E-state index contributed by atoms with van der Waals surface area (Å²) in [6.07, 6.45) is 19.3. The highest BCUT2D eigenvalue weighted by molar-refractivity contribution is 5.87. The summed E-state index contributed by atoms with van der Waals surface area (Å²) in [5.41, 5.74) is 1.65. The van der Waals surface area contributed by atoms with Crippen LogP contribution in [-0.4, -0.2) is 49.6 Å². The number of aliphatic hydroxyl groups excluding tert-OH is 1. The van der Waals surface area contributed by atoms with Gasteiger partial charge in [-0.1, -0.05) is 102 Å². The summed E-state index contributed by atoms with van der Waals surface area (Å²) >= 11 is 0. The molecule has 7 heteroatoms. The highest BCUT2D eigenvalue weighted by Crippen LogP contribution is 2.16. The van der Waals surface area contributed by atoms with E-state index in [1.807, 2.05) is 48.5 Å². The topological polar surface area (TPSA) is 91.3 Å². The average molecular weight is 609 g/mol. The van der Waals surface area contributed by atoms with Crippen LogP contribution in [0, 0.1) is 0 Å². The molecule has 0 amide bonds. The van der Waals surface area contributed by atoms with Crippen LogP contribution < -0.4 is 9.47 Å². The zero-order chi connectivity index (χ0) is 31.7. The van der Waals surface area contributed by atoms with Crippen molar-refractivity contribution in [2.75, 3.05) is 26.4 Å². The summed E-state index contributed by atoms with van der Waals surface area (Å²) in [6, 6.07) is 14.9. The quantitative estimate of drug-likeness (QED) is 0.0728. The van der Waals surface area contributed by atoms with Gasteiger partial charge in [0, 0.05) is 12.2 Å². The van der Waals surface area contributed by atoms with Crippen molar-refractivity contribution in [3.63, 3.8) is 0 Å². The molecule has 2 aromatic rings. The van der Waals surface area contributed by atoms with E-state index in [0.29, 0.717) is 13.2 Å². The van der Waals surface area contributed by atoms with Crippen LogP contribution in [0.25, 0.3) is 12.2 Å². The Balaban J connectivity index is 1.57. The summed E-state index contributed by atoms with van der Waals surface area (Å²) in [5.74, 6) is 0.399. The third kappa shape index (κ3) is 18.2. The van der Waals surface area contributed by atoms with E-state index < -0.39 is 18.0 Å². The summed E-state index contributed by atoms with van der Waals surface area (Å²) < 4.78 is 21.7. The Morgan fingerprint density at radius 1 is 0.591 bits per heavy atom. The first-order chi connectivity index (χ1) is 21.5. The number of esters is 2. The number of aliphatic hydroxyl groups is 1. The molecular weight excluding hydrogens is 556 g/mol. The summed E-state index contributed by atoms with van der Waals surface area (Å²) in [7, 11) is 0. The van der Waals surface area contributed by atoms with Crippen molar-refractivity contribution in [2.45, 2.75) is 97.0 Å². The summed E-state index contributed by atoms with van der Waals surface area (Å²) in [5, 5.41) is 10.0. The van der Waals surface area contributed by atoms with Gasteiger partial charge < -0.3 is 24.1 Å².